The predicted molar refractivity (Wildman–Crippen MR) is 74.1 cm³/mol. The van der Waals surface area contributed by atoms with E-state index in [-0.39, 0.29) is 6.04 Å². The maximum atomic E-state index is 5.95. The summed E-state index contributed by atoms with van der Waals surface area (Å²) >= 11 is 0. The van der Waals surface area contributed by atoms with E-state index in [9.17, 15) is 0 Å². The minimum absolute atomic E-state index is 0.0388. The van der Waals surface area contributed by atoms with E-state index >= 15 is 0 Å². The van der Waals surface area contributed by atoms with Crippen molar-refractivity contribution in [3.8, 4) is 0 Å². The van der Waals surface area contributed by atoms with Gasteiger partial charge in [0, 0.05) is 11.7 Å². The Morgan fingerprint density at radius 2 is 1.76 bits per heavy atom. The SMILES string of the molecule is CCCCc1cc(CCCC)nc(C(C)N)c1. The molecule has 0 saturated carbocycles. The topological polar surface area (TPSA) is 38.9 Å². The van der Waals surface area contributed by atoms with Gasteiger partial charge in [0.1, 0.15) is 0 Å². The minimum Gasteiger partial charge on any atom is -0.323 e. The lowest BCUT2D eigenvalue weighted by Gasteiger charge is -2.11. The van der Waals surface area contributed by atoms with Crippen molar-refractivity contribution < 1.29 is 0 Å². The molecule has 0 fully saturated rings. The molecule has 0 spiro atoms. The molecular weight excluding hydrogens is 208 g/mol. The molecule has 0 aliphatic rings. The summed E-state index contributed by atoms with van der Waals surface area (Å²) < 4.78 is 0. The van der Waals surface area contributed by atoms with Crippen molar-refractivity contribution in [2.75, 3.05) is 0 Å². The molecule has 0 radical (unpaired) electrons. The number of nitrogens with two attached hydrogens (primary N) is 1. The second kappa shape index (κ2) is 7.44. The highest BCUT2D eigenvalue weighted by molar-refractivity contribution is 5.23. The fourth-order valence-corrected chi connectivity index (χ4v) is 1.92. The van der Waals surface area contributed by atoms with Gasteiger partial charge in [-0.05, 0) is 50.3 Å². The van der Waals surface area contributed by atoms with Gasteiger partial charge in [-0.2, -0.15) is 0 Å². The number of nitrogens with zero attached hydrogens (tertiary/aromatic N) is 1. The van der Waals surface area contributed by atoms with Crippen LogP contribution in [0.4, 0.5) is 0 Å². The average molecular weight is 234 g/mol. The van der Waals surface area contributed by atoms with Crippen LogP contribution >= 0.6 is 0 Å². The Balaban J connectivity index is 2.84. The van der Waals surface area contributed by atoms with Crippen LogP contribution in [0.1, 0.15) is 69.4 Å². The first kappa shape index (κ1) is 14.2. The van der Waals surface area contributed by atoms with Gasteiger partial charge in [0.25, 0.3) is 0 Å². The van der Waals surface area contributed by atoms with Crippen molar-refractivity contribution in [1.82, 2.24) is 4.98 Å². The highest BCUT2D eigenvalue weighted by Crippen LogP contribution is 2.15. The van der Waals surface area contributed by atoms with Crippen molar-refractivity contribution in [1.29, 1.82) is 0 Å². The summed E-state index contributed by atoms with van der Waals surface area (Å²) in [6, 6.07) is 4.48. The van der Waals surface area contributed by atoms with Crippen LogP contribution in [-0.2, 0) is 12.8 Å². The first-order valence-corrected chi connectivity index (χ1v) is 6.92. The van der Waals surface area contributed by atoms with Crippen LogP contribution in [0, 0.1) is 0 Å². The monoisotopic (exact) mass is 234 g/mol. The molecule has 1 unspecified atom stereocenters. The van der Waals surface area contributed by atoms with E-state index < -0.39 is 0 Å². The summed E-state index contributed by atoms with van der Waals surface area (Å²) in [5.74, 6) is 0. The van der Waals surface area contributed by atoms with Gasteiger partial charge in [-0.25, -0.2) is 0 Å². The fraction of sp³-hybridized carbons (Fsp3) is 0.667. The predicted octanol–water partition coefficient (Wildman–Crippen LogP) is 3.79. The molecule has 0 aliphatic carbocycles. The van der Waals surface area contributed by atoms with Crippen molar-refractivity contribution in [2.24, 2.45) is 5.73 Å². The normalized spacial score (nSPS) is 12.7. The zero-order valence-electron chi connectivity index (χ0n) is 11.5. The molecule has 2 heteroatoms. The van der Waals surface area contributed by atoms with Crippen LogP contribution in [0.5, 0.6) is 0 Å². The molecule has 1 heterocycles. The molecular formula is C15H26N2. The van der Waals surface area contributed by atoms with Crippen molar-refractivity contribution in [3.63, 3.8) is 0 Å². The number of unbranched alkanes of at least 4 members (excludes halogenated alkanes) is 2. The van der Waals surface area contributed by atoms with Crippen LogP contribution in [0.2, 0.25) is 0 Å². The van der Waals surface area contributed by atoms with Crippen molar-refractivity contribution in [2.45, 2.75) is 65.3 Å². The molecule has 0 saturated heterocycles. The maximum Gasteiger partial charge on any atom is 0.0574 e. The van der Waals surface area contributed by atoms with E-state index in [0.717, 1.165) is 18.5 Å². The molecule has 1 aromatic rings. The molecule has 17 heavy (non-hydrogen) atoms. The van der Waals surface area contributed by atoms with Crippen molar-refractivity contribution in [3.05, 3.63) is 29.1 Å². The maximum absolute atomic E-state index is 5.95. The summed E-state index contributed by atoms with van der Waals surface area (Å²) in [6.07, 6.45) is 7.14. The first-order chi connectivity index (χ1) is 8.17. The Labute approximate surface area is 106 Å². The Kier molecular flexibility index (Phi) is 6.20. The molecule has 0 aromatic carbocycles. The molecule has 2 nitrogen and oxygen atoms in total. The smallest absolute Gasteiger partial charge is 0.0574 e. The third-order valence-corrected chi connectivity index (χ3v) is 3.03. The van der Waals surface area contributed by atoms with Crippen LogP contribution in [-0.4, -0.2) is 4.98 Å². The summed E-state index contributed by atoms with van der Waals surface area (Å²) in [4.78, 5) is 4.65. The van der Waals surface area contributed by atoms with E-state index in [1.165, 1.54) is 36.9 Å². The van der Waals surface area contributed by atoms with Gasteiger partial charge < -0.3 is 5.73 Å². The van der Waals surface area contributed by atoms with E-state index in [1.807, 2.05) is 6.92 Å². The lowest BCUT2D eigenvalue weighted by molar-refractivity contribution is 0.726. The van der Waals surface area contributed by atoms with Gasteiger partial charge in [-0.1, -0.05) is 26.7 Å². The number of hydrogen-bond donors (Lipinski definition) is 1. The van der Waals surface area contributed by atoms with Gasteiger partial charge >= 0.3 is 0 Å². The van der Waals surface area contributed by atoms with Gasteiger partial charge in [0.05, 0.1) is 5.69 Å². The highest BCUT2D eigenvalue weighted by Gasteiger charge is 2.06. The first-order valence-electron chi connectivity index (χ1n) is 6.92. The largest absolute Gasteiger partial charge is 0.323 e. The molecule has 2 N–H and O–H groups in total. The van der Waals surface area contributed by atoms with Crippen LogP contribution in [0.15, 0.2) is 12.1 Å². The second-order valence-electron chi connectivity index (χ2n) is 4.89. The number of pyridine rings is 1. The van der Waals surface area contributed by atoms with E-state index in [2.05, 4.69) is 31.0 Å². The molecule has 1 aromatic heterocycles. The third kappa shape index (κ3) is 4.86. The summed E-state index contributed by atoms with van der Waals surface area (Å²) in [7, 11) is 0. The average Bonchev–Trinajstić information content (AvgIpc) is 2.33. The number of rotatable bonds is 7. The molecule has 0 aliphatic heterocycles. The Hall–Kier alpha value is -0.890. The zero-order chi connectivity index (χ0) is 12.7. The number of aryl methyl sites for hydroxylation is 2. The third-order valence-electron chi connectivity index (χ3n) is 3.03. The summed E-state index contributed by atoms with van der Waals surface area (Å²) in [5.41, 5.74) is 9.61. The molecule has 0 bridgehead atoms. The Morgan fingerprint density at radius 1 is 1.12 bits per heavy atom. The van der Waals surface area contributed by atoms with Crippen molar-refractivity contribution >= 4 is 0 Å². The second-order valence-corrected chi connectivity index (χ2v) is 4.89. The van der Waals surface area contributed by atoms with Gasteiger partial charge in [-0.15, -0.1) is 0 Å². The lowest BCUT2D eigenvalue weighted by atomic mass is 10.0. The summed E-state index contributed by atoms with van der Waals surface area (Å²) in [5, 5.41) is 0. The number of aromatic nitrogens is 1. The standard InChI is InChI=1S/C15H26N2/c1-4-6-8-13-10-14(9-7-5-2)17-15(11-13)12(3)16/h10-12H,4-9,16H2,1-3H3. The number of hydrogen-bond acceptors (Lipinski definition) is 2. The highest BCUT2D eigenvalue weighted by atomic mass is 14.8. The minimum atomic E-state index is 0.0388. The Morgan fingerprint density at radius 3 is 2.35 bits per heavy atom. The van der Waals surface area contributed by atoms with E-state index in [1.54, 1.807) is 0 Å². The van der Waals surface area contributed by atoms with Gasteiger partial charge in [0.15, 0.2) is 0 Å². The van der Waals surface area contributed by atoms with Crippen LogP contribution < -0.4 is 5.73 Å². The van der Waals surface area contributed by atoms with E-state index in [4.69, 9.17) is 5.73 Å². The van der Waals surface area contributed by atoms with Crippen LogP contribution in [0.3, 0.4) is 0 Å². The molecule has 1 rings (SSSR count). The zero-order valence-corrected chi connectivity index (χ0v) is 11.5. The van der Waals surface area contributed by atoms with E-state index in [0.29, 0.717) is 0 Å². The van der Waals surface area contributed by atoms with Crippen LogP contribution in [0.25, 0.3) is 0 Å². The quantitative estimate of drug-likeness (QED) is 0.779. The fourth-order valence-electron chi connectivity index (χ4n) is 1.92. The summed E-state index contributed by atoms with van der Waals surface area (Å²) in [6.45, 7) is 6.45. The van der Waals surface area contributed by atoms with Gasteiger partial charge in [-0.3, -0.25) is 4.98 Å². The van der Waals surface area contributed by atoms with Gasteiger partial charge in [0.2, 0.25) is 0 Å². The molecule has 96 valence electrons. The molecule has 0 amide bonds. The Bertz CT molecular complexity index is 305. The lowest BCUT2D eigenvalue weighted by Crippen LogP contribution is -2.10. The molecule has 1 atom stereocenters.